The van der Waals surface area contributed by atoms with E-state index in [1.165, 1.54) is 12.5 Å². The summed E-state index contributed by atoms with van der Waals surface area (Å²) >= 11 is 0. The zero-order valence-corrected chi connectivity index (χ0v) is 18.5. The number of imidazole rings is 1. The number of hydrogen-bond donors (Lipinski definition) is 9. The molecule has 0 aliphatic carbocycles. The third kappa shape index (κ3) is 10.6. The van der Waals surface area contributed by atoms with Crippen molar-refractivity contribution in [3.8, 4) is 0 Å². The number of aromatic nitrogens is 2. The lowest BCUT2D eigenvalue weighted by molar-refractivity contribution is -0.143. The van der Waals surface area contributed by atoms with E-state index in [1.807, 2.05) is 0 Å². The lowest BCUT2D eigenvalue weighted by atomic mass is 10.1. The number of aromatic amines is 1. The van der Waals surface area contributed by atoms with Gasteiger partial charge in [-0.1, -0.05) is 0 Å². The normalized spacial score (nSPS) is 14.1. The fourth-order valence-corrected chi connectivity index (χ4v) is 2.78. The molecule has 0 saturated carbocycles. The van der Waals surface area contributed by atoms with Gasteiger partial charge in [-0.3, -0.25) is 24.0 Å². The number of nitrogens with two attached hydrogens (primary N) is 1. The summed E-state index contributed by atoms with van der Waals surface area (Å²) in [5.74, 6) is -6.83. The summed E-state index contributed by atoms with van der Waals surface area (Å²) in [6.07, 6.45) is 0.885. The molecule has 0 aliphatic rings. The van der Waals surface area contributed by atoms with Gasteiger partial charge in [-0.15, -0.1) is 0 Å². The Bertz CT molecular complexity index is 906. The molecule has 10 N–H and O–H groups in total. The minimum Gasteiger partial charge on any atom is -0.481 e. The second-order valence-electron chi connectivity index (χ2n) is 7.46. The topological polar surface area (TPSA) is 274 Å². The van der Waals surface area contributed by atoms with Crippen LogP contribution in [-0.2, 0) is 35.2 Å². The number of hydrogen-bond acceptors (Lipinski definition) is 9. The monoisotopic (exact) mass is 500 g/mol. The number of carbonyl (C=O) groups is 6. The van der Waals surface area contributed by atoms with Crippen molar-refractivity contribution >= 4 is 35.6 Å². The first-order valence-corrected chi connectivity index (χ1v) is 10.4. The van der Waals surface area contributed by atoms with Crippen molar-refractivity contribution in [1.29, 1.82) is 0 Å². The maximum absolute atomic E-state index is 12.9. The fraction of sp³-hybridized carbons (Fsp3) is 0.526. The standard InChI is InChI=1S/C19H28N6O10/c20-10(1-3-14(27)28)16(31)23-11(2-4-15(29)30)17(32)24-12(5-9-6-21-8-22-9)18(33)25-13(7-26)19(34)35/h6,8,10-13,26H,1-5,7,20H2,(H,21,22)(H,23,31)(H,24,32)(H,25,33)(H,27,28)(H,29,30)(H,34,35). The summed E-state index contributed by atoms with van der Waals surface area (Å²) in [7, 11) is 0. The molecule has 16 nitrogen and oxygen atoms in total. The molecule has 0 aromatic carbocycles. The van der Waals surface area contributed by atoms with E-state index >= 15 is 0 Å². The van der Waals surface area contributed by atoms with Crippen molar-refractivity contribution in [2.24, 2.45) is 5.73 Å². The van der Waals surface area contributed by atoms with Crippen LogP contribution in [0.2, 0.25) is 0 Å². The van der Waals surface area contributed by atoms with E-state index < -0.39 is 79.2 Å². The van der Waals surface area contributed by atoms with E-state index in [1.54, 1.807) is 0 Å². The van der Waals surface area contributed by atoms with E-state index in [2.05, 4.69) is 25.9 Å². The highest BCUT2D eigenvalue weighted by molar-refractivity contribution is 5.94. The van der Waals surface area contributed by atoms with E-state index in [9.17, 15) is 28.8 Å². The van der Waals surface area contributed by atoms with Crippen molar-refractivity contribution in [3.63, 3.8) is 0 Å². The second-order valence-corrected chi connectivity index (χ2v) is 7.46. The van der Waals surface area contributed by atoms with Gasteiger partial charge in [0.15, 0.2) is 0 Å². The molecule has 3 amide bonds. The highest BCUT2D eigenvalue weighted by Gasteiger charge is 2.31. The average molecular weight is 500 g/mol. The van der Waals surface area contributed by atoms with Gasteiger partial charge in [0.25, 0.3) is 0 Å². The molecule has 4 atom stereocenters. The van der Waals surface area contributed by atoms with E-state index in [-0.39, 0.29) is 19.3 Å². The molecule has 194 valence electrons. The molecule has 0 fully saturated rings. The third-order valence-corrected chi connectivity index (χ3v) is 4.69. The van der Waals surface area contributed by atoms with Crippen molar-refractivity contribution in [1.82, 2.24) is 25.9 Å². The van der Waals surface area contributed by atoms with Gasteiger partial charge in [-0.05, 0) is 12.8 Å². The molecule has 16 heteroatoms. The van der Waals surface area contributed by atoms with Gasteiger partial charge in [0.05, 0.1) is 19.0 Å². The molecule has 0 spiro atoms. The minimum atomic E-state index is -1.65. The Morgan fingerprint density at radius 2 is 1.40 bits per heavy atom. The molecule has 1 rings (SSSR count). The lowest BCUT2D eigenvalue weighted by Crippen LogP contribution is -2.58. The van der Waals surface area contributed by atoms with Crippen LogP contribution in [0.4, 0.5) is 0 Å². The molecule has 4 unspecified atom stereocenters. The Balaban J connectivity index is 3.02. The van der Waals surface area contributed by atoms with Gasteiger partial charge in [-0.2, -0.15) is 0 Å². The number of carboxylic acids is 3. The van der Waals surface area contributed by atoms with Crippen LogP contribution in [0.25, 0.3) is 0 Å². The van der Waals surface area contributed by atoms with E-state index in [4.69, 9.17) is 26.2 Å². The summed E-state index contributed by atoms with van der Waals surface area (Å²) < 4.78 is 0. The van der Waals surface area contributed by atoms with Gasteiger partial charge >= 0.3 is 17.9 Å². The molecule has 0 saturated heterocycles. The number of nitrogens with zero attached hydrogens (tertiary/aromatic N) is 1. The Morgan fingerprint density at radius 1 is 0.857 bits per heavy atom. The number of aliphatic hydroxyl groups excluding tert-OH is 1. The predicted molar refractivity (Wildman–Crippen MR) is 115 cm³/mol. The summed E-state index contributed by atoms with van der Waals surface area (Å²) in [6.45, 7) is -0.919. The van der Waals surface area contributed by atoms with Crippen molar-refractivity contribution < 1.29 is 49.2 Å². The Kier molecular flexibility index (Phi) is 11.8. The number of carboxylic acid groups (broad SMARTS) is 3. The predicted octanol–water partition coefficient (Wildman–Crippen LogP) is -3.46. The van der Waals surface area contributed by atoms with Crippen molar-refractivity contribution in [3.05, 3.63) is 18.2 Å². The Hall–Kier alpha value is -4.05. The second kappa shape index (κ2) is 14.3. The van der Waals surface area contributed by atoms with Crippen molar-refractivity contribution in [2.75, 3.05) is 6.61 Å². The van der Waals surface area contributed by atoms with Crippen LogP contribution in [0.5, 0.6) is 0 Å². The van der Waals surface area contributed by atoms with E-state index in [0.717, 1.165) is 0 Å². The fourth-order valence-electron chi connectivity index (χ4n) is 2.78. The van der Waals surface area contributed by atoms with Gasteiger partial charge in [0.2, 0.25) is 17.7 Å². The van der Waals surface area contributed by atoms with Crippen LogP contribution >= 0.6 is 0 Å². The SMILES string of the molecule is NC(CCC(=O)O)C(=O)NC(CCC(=O)O)C(=O)NC(Cc1cnc[nH]1)C(=O)NC(CO)C(=O)O. The lowest BCUT2D eigenvalue weighted by Gasteiger charge is -2.24. The first-order chi connectivity index (χ1) is 16.4. The molecule has 1 aromatic rings. The van der Waals surface area contributed by atoms with Crippen LogP contribution in [0.1, 0.15) is 31.4 Å². The highest BCUT2D eigenvalue weighted by atomic mass is 16.4. The summed E-state index contributed by atoms with van der Waals surface area (Å²) in [5, 5.41) is 42.5. The minimum absolute atomic E-state index is 0.187. The largest absolute Gasteiger partial charge is 0.481 e. The Labute approximate surface area is 198 Å². The van der Waals surface area contributed by atoms with Crippen LogP contribution < -0.4 is 21.7 Å². The summed E-state index contributed by atoms with van der Waals surface area (Å²) in [4.78, 5) is 77.1. The zero-order chi connectivity index (χ0) is 26.5. The molecule has 0 bridgehead atoms. The number of amides is 3. The van der Waals surface area contributed by atoms with Gasteiger partial charge in [0, 0.05) is 31.2 Å². The van der Waals surface area contributed by atoms with Gasteiger partial charge < -0.3 is 47.1 Å². The Morgan fingerprint density at radius 3 is 1.91 bits per heavy atom. The first kappa shape index (κ1) is 29.0. The van der Waals surface area contributed by atoms with Crippen molar-refractivity contribution in [2.45, 2.75) is 56.3 Å². The quantitative estimate of drug-likeness (QED) is 0.107. The van der Waals surface area contributed by atoms with Gasteiger partial charge in [0.1, 0.15) is 18.1 Å². The average Bonchev–Trinajstić information content (AvgIpc) is 3.30. The van der Waals surface area contributed by atoms with Crippen LogP contribution in [0.3, 0.4) is 0 Å². The maximum atomic E-state index is 12.9. The van der Waals surface area contributed by atoms with Crippen LogP contribution in [0, 0.1) is 0 Å². The molecule has 1 heterocycles. The number of H-pyrrole nitrogens is 1. The number of nitrogens with one attached hydrogen (secondary N) is 4. The molecule has 1 aromatic heterocycles. The number of aliphatic hydroxyl groups is 1. The zero-order valence-electron chi connectivity index (χ0n) is 18.5. The van der Waals surface area contributed by atoms with Gasteiger partial charge in [-0.25, -0.2) is 9.78 Å². The van der Waals surface area contributed by atoms with Crippen LogP contribution in [-0.4, -0.2) is 96.8 Å². The first-order valence-electron chi connectivity index (χ1n) is 10.4. The summed E-state index contributed by atoms with van der Waals surface area (Å²) in [5.41, 5.74) is 6.01. The molecule has 0 aliphatic heterocycles. The maximum Gasteiger partial charge on any atom is 0.328 e. The summed E-state index contributed by atoms with van der Waals surface area (Å²) in [6, 6.07) is -5.81. The number of rotatable bonds is 16. The molecular weight excluding hydrogens is 472 g/mol. The number of aliphatic carboxylic acids is 3. The smallest absolute Gasteiger partial charge is 0.328 e. The highest BCUT2D eigenvalue weighted by Crippen LogP contribution is 2.05. The third-order valence-electron chi connectivity index (χ3n) is 4.69. The molecule has 35 heavy (non-hydrogen) atoms. The van der Waals surface area contributed by atoms with Crippen LogP contribution in [0.15, 0.2) is 12.5 Å². The number of carbonyl (C=O) groups excluding carboxylic acids is 3. The molecule has 0 radical (unpaired) electrons. The van der Waals surface area contributed by atoms with E-state index in [0.29, 0.717) is 5.69 Å². The molecular formula is C19H28N6O10.